The van der Waals surface area contributed by atoms with Gasteiger partial charge in [-0.05, 0) is 6.42 Å². The van der Waals surface area contributed by atoms with E-state index in [1.54, 1.807) is 0 Å². The van der Waals surface area contributed by atoms with E-state index in [0.29, 0.717) is 13.0 Å². The second-order valence-corrected chi connectivity index (χ2v) is 12.1. The zero-order valence-corrected chi connectivity index (χ0v) is 25.2. The van der Waals surface area contributed by atoms with Gasteiger partial charge in [-0.25, -0.2) is 4.57 Å². The first-order valence-electron chi connectivity index (χ1n) is 14.6. The number of aliphatic hydroxyl groups excluding tert-OH is 1. The van der Waals surface area contributed by atoms with Crippen molar-refractivity contribution in [3.05, 3.63) is 0 Å². The monoisotopic (exact) mass is 579 g/mol. The predicted molar refractivity (Wildman–Crippen MR) is 152 cm³/mol. The van der Waals surface area contributed by atoms with E-state index in [1.807, 2.05) is 0 Å². The molecule has 0 aromatic carbocycles. The summed E-state index contributed by atoms with van der Waals surface area (Å²) < 4.78 is 15.2. The molecule has 0 aromatic rings. The Hall–Kier alpha value is -1.52. The Balaban J connectivity index is 3.69. The summed E-state index contributed by atoms with van der Waals surface area (Å²) in [6.07, 6.45) is 15.2. The standard InChI is InChI=1S/C27H54N3O8P/c1-4-5-6-7-8-9-10-11-12-13-14-15-16-17-23(31)28-20-21-29-24(32)18-19-30-26(34)25(33)27(2,3)22-38-39(35,36)37/h25,33H,4-22H2,1-3H3,(H,28,31)(H,29,32)(H,30,34)(H2,35,36,37)/t25-/m0/s1. The molecule has 11 nitrogen and oxygen atoms in total. The van der Waals surface area contributed by atoms with Crippen LogP contribution in [0.15, 0.2) is 0 Å². The molecule has 0 unspecified atom stereocenters. The molecule has 0 aliphatic heterocycles. The van der Waals surface area contributed by atoms with Gasteiger partial charge >= 0.3 is 7.82 Å². The van der Waals surface area contributed by atoms with Crippen molar-refractivity contribution in [2.45, 2.75) is 123 Å². The molecule has 0 aliphatic rings. The number of phosphoric ester groups is 1. The number of nitrogens with one attached hydrogen (secondary N) is 3. The zero-order valence-electron chi connectivity index (χ0n) is 24.3. The van der Waals surface area contributed by atoms with E-state index in [2.05, 4.69) is 27.4 Å². The molecular weight excluding hydrogens is 525 g/mol. The minimum atomic E-state index is -4.73. The number of carbonyl (C=O) groups excluding carboxylic acids is 3. The first kappa shape index (κ1) is 37.5. The average Bonchev–Trinajstić information content (AvgIpc) is 2.87. The fourth-order valence-electron chi connectivity index (χ4n) is 3.96. The number of rotatable bonds is 25. The van der Waals surface area contributed by atoms with Crippen LogP contribution in [-0.4, -0.2) is 65.0 Å². The van der Waals surface area contributed by atoms with Gasteiger partial charge in [0.15, 0.2) is 0 Å². The maximum absolute atomic E-state index is 12.1. The Morgan fingerprint density at radius 1 is 0.718 bits per heavy atom. The van der Waals surface area contributed by atoms with E-state index in [9.17, 15) is 24.1 Å². The Bertz CT molecular complexity index is 730. The van der Waals surface area contributed by atoms with Gasteiger partial charge in [0.05, 0.1) is 6.61 Å². The fourth-order valence-corrected chi connectivity index (χ4v) is 4.47. The Kier molecular flexibility index (Phi) is 21.3. The third kappa shape index (κ3) is 22.9. The quantitative estimate of drug-likeness (QED) is 0.0701. The van der Waals surface area contributed by atoms with Crippen LogP contribution in [0.25, 0.3) is 0 Å². The van der Waals surface area contributed by atoms with E-state index in [0.717, 1.165) is 19.3 Å². The second kappa shape index (κ2) is 22.2. The van der Waals surface area contributed by atoms with Gasteiger partial charge in [0.2, 0.25) is 17.7 Å². The summed E-state index contributed by atoms with van der Waals surface area (Å²) in [4.78, 5) is 53.5. The van der Waals surface area contributed by atoms with Crippen molar-refractivity contribution in [1.29, 1.82) is 0 Å². The topological polar surface area (TPSA) is 174 Å². The molecule has 0 aromatic heterocycles. The lowest BCUT2D eigenvalue weighted by molar-refractivity contribution is -0.137. The van der Waals surface area contributed by atoms with Crippen LogP contribution in [0.5, 0.6) is 0 Å². The first-order chi connectivity index (χ1) is 18.4. The van der Waals surface area contributed by atoms with Crippen molar-refractivity contribution in [2.24, 2.45) is 5.41 Å². The Labute approximate surface area is 234 Å². The number of unbranched alkanes of at least 4 members (excludes halogenated alkanes) is 12. The van der Waals surface area contributed by atoms with E-state index in [4.69, 9.17) is 9.79 Å². The normalized spacial score (nSPS) is 12.7. The maximum Gasteiger partial charge on any atom is 0.469 e. The summed E-state index contributed by atoms with van der Waals surface area (Å²) in [5, 5.41) is 18.0. The summed E-state index contributed by atoms with van der Waals surface area (Å²) in [6.45, 7) is 5.12. The minimum absolute atomic E-state index is 0.0230. The van der Waals surface area contributed by atoms with Crippen molar-refractivity contribution >= 4 is 25.5 Å². The molecule has 0 bridgehead atoms. The minimum Gasteiger partial charge on any atom is -0.383 e. The number of carbonyl (C=O) groups is 3. The van der Waals surface area contributed by atoms with Crippen LogP contribution in [0.1, 0.15) is 117 Å². The van der Waals surface area contributed by atoms with Gasteiger partial charge in [-0.2, -0.15) is 0 Å². The van der Waals surface area contributed by atoms with Crippen LogP contribution in [-0.2, 0) is 23.5 Å². The molecule has 0 rings (SSSR count). The van der Waals surface area contributed by atoms with E-state index < -0.39 is 31.9 Å². The molecule has 0 heterocycles. The van der Waals surface area contributed by atoms with Gasteiger partial charge in [-0.1, -0.05) is 97.8 Å². The number of hydrogen-bond donors (Lipinski definition) is 6. The molecule has 0 aliphatic carbocycles. The predicted octanol–water partition coefficient (Wildman–Crippen LogP) is 3.70. The molecular formula is C27H54N3O8P. The van der Waals surface area contributed by atoms with Crippen molar-refractivity contribution in [3.8, 4) is 0 Å². The van der Waals surface area contributed by atoms with Crippen molar-refractivity contribution in [1.82, 2.24) is 16.0 Å². The molecule has 12 heteroatoms. The Morgan fingerprint density at radius 3 is 1.62 bits per heavy atom. The molecule has 0 saturated carbocycles. The lowest BCUT2D eigenvalue weighted by Crippen LogP contribution is -2.46. The third-order valence-electron chi connectivity index (χ3n) is 6.52. The van der Waals surface area contributed by atoms with Gasteiger partial charge < -0.3 is 30.8 Å². The maximum atomic E-state index is 12.1. The molecule has 39 heavy (non-hydrogen) atoms. The van der Waals surface area contributed by atoms with Gasteiger partial charge in [0.1, 0.15) is 6.10 Å². The first-order valence-corrected chi connectivity index (χ1v) is 16.1. The van der Waals surface area contributed by atoms with Crippen molar-refractivity contribution in [2.75, 3.05) is 26.2 Å². The molecule has 3 amide bonds. The zero-order chi connectivity index (χ0) is 29.6. The Morgan fingerprint density at radius 2 is 1.15 bits per heavy atom. The van der Waals surface area contributed by atoms with Gasteiger partial charge in [-0.3, -0.25) is 18.9 Å². The van der Waals surface area contributed by atoms with Crippen LogP contribution >= 0.6 is 7.82 Å². The lowest BCUT2D eigenvalue weighted by Gasteiger charge is -2.29. The molecule has 0 saturated heterocycles. The summed E-state index contributed by atoms with van der Waals surface area (Å²) in [5.74, 6) is -1.12. The molecule has 230 valence electrons. The molecule has 0 radical (unpaired) electrons. The fraction of sp³-hybridized carbons (Fsp3) is 0.889. The highest BCUT2D eigenvalue weighted by Gasteiger charge is 2.35. The van der Waals surface area contributed by atoms with E-state index in [-0.39, 0.29) is 31.3 Å². The van der Waals surface area contributed by atoms with Crippen LogP contribution in [0.4, 0.5) is 0 Å². The van der Waals surface area contributed by atoms with Crippen LogP contribution in [0.2, 0.25) is 0 Å². The summed E-state index contributed by atoms with van der Waals surface area (Å²) in [6, 6.07) is 0. The highest BCUT2D eigenvalue weighted by Crippen LogP contribution is 2.38. The van der Waals surface area contributed by atoms with Crippen molar-refractivity contribution in [3.63, 3.8) is 0 Å². The van der Waals surface area contributed by atoms with Crippen LogP contribution in [0, 0.1) is 5.41 Å². The molecule has 0 spiro atoms. The molecule has 0 fully saturated rings. The molecule has 1 atom stereocenters. The average molecular weight is 580 g/mol. The van der Waals surface area contributed by atoms with E-state index >= 15 is 0 Å². The second-order valence-electron chi connectivity index (χ2n) is 10.9. The van der Waals surface area contributed by atoms with E-state index in [1.165, 1.54) is 78.1 Å². The number of phosphoric acid groups is 1. The highest BCUT2D eigenvalue weighted by molar-refractivity contribution is 7.46. The summed E-state index contributed by atoms with van der Waals surface area (Å²) >= 11 is 0. The van der Waals surface area contributed by atoms with Crippen LogP contribution in [0.3, 0.4) is 0 Å². The molecule has 6 N–H and O–H groups in total. The summed E-state index contributed by atoms with van der Waals surface area (Å²) in [5.41, 5.74) is -1.25. The largest absolute Gasteiger partial charge is 0.469 e. The van der Waals surface area contributed by atoms with Gasteiger partial charge in [-0.15, -0.1) is 0 Å². The van der Waals surface area contributed by atoms with Gasteiger partial charge in [0, 0.05) is 37.9 Å². The van der Waals surface area contributed by atoms with Gasteiger partial charge in [0.25, 0.3) is 0 Å². The SMILES string of the molecule is CCCCCCCCCCCCCCCC(=O)NCCNC(=O)CCNC(=O)[C@H](O)C(C)(C)COP(=O)(O)O. The lowest BCUT2D eigenvalue weighted by atomic mass is 9.87. The van der Waals surface area contributed by atoms with Crippen molar-refractivity contribution < 1.29 is 38.4 Å². The third-order valence-corrected chi connectivity index (χ3v) is 6.99. The number of hydrogen-bond acceptors (Lipinski definition) is 6. The highest BCUT2D eigenvalue weighted by atomic mass is 31.2. The smallest absolute Gasteiger partial charge is 0.383 e. The summed E-state index contributed by atoms with van der Waals surface area (Å²) in [7, 11) is -4.73. The van der Waals surface area contributed by atoms with Crippen LogP contribution < -0.4 is 16.0 Å². The number of amides is 3. The number of aliphatic hydroxyl groups is 1.